The molecule has 1 aromatic heterocycles. The molecule has 0 saturated heterocycles. The van der Waals surface area contributed by atoms with Crippen molar-refractivity contribution in [2.75, 3.05) is 11.9 Å². The van der Waals surface area contributed by atoms with E-state index in [2.05, 4.69) is 15.3 Å². The molecule has 1 heterocycles. The van der Waals surface area contributed by atoms with E-state index >= 15 is 0 Å². The molecule has 0 aliphatic rings. The van der Waals surface area contributed by atoms with Crippen molar-refractivity contribution in [3.8, 4) is 11.6 Å². The highest BCUT2D eigenvalue weighted by Gasteiger charge is 2.03. The predicted molar refractivity (Wildman–Crippen MR) is 72.7 cm³/mol. The molecule has 0 fully saturated rings. The third-order valence-corrected chi connectivity index (χ3v) is 2.46. The van der Waals surface area contributed by atoms with Gasteiger partial charge in [-0.15, -0.1) is 0 Å². The summed E-state index contributed by atoms with van der Waals surface area (Å²) in [4.78, 5) is 8.24. The topological polar surface area (TPSA) is 47.0 Å². The van der Waals surface area contributed by atoms with Crippen LogP contribution in [-0.4, -0.2) is 16.5 Å². The van der Waals surface area contributed by atoms with Crippen LogP contribution < -0.4 is 10.1 Å². The van der Waals surface area contributed by atoms with Gasteiger partial charge in [0, 0.05) is 28.9 Å². The Labute approximate surface area is 115 Å². The van der Waals surface area contributed by atoms with Crippen LogP contribution in [-0.2, 0) is 0 Å². The number of anilines is 1. The van der Waals surface area contributed by atoms with E-state index in [9.17, 15) is 0 Å². The number of ether oxygens (including phenoxy) is 1. The van der Waals surface area contributed by atoms with E-state index in [0.717, 1.165) is 6.54 Å². The van der Waals surface area contributed by atoms with E-state index in [1.807, 2.05) is 6.92 Å². The lowest BCUT2D eigenvalue weighted by Crippen LogP contribution is -2.02. The standard InChI is InChI=1S/C12H11Cl2N3O/c1-2-15-12-16-4-3-11(17-12)18-10-6-8(13)5-9(14)7-10/h3-7H,2H2,1H3,(H,15,16,17). The van der Waals surface area contributed by atoms with E-state index < -0.39 is 0 Å². The van der Waals surface area contributed by atoms with E-state index in [0.29, 0.717) is 27.6 Å². The molecule has 2 aromatic rings. The largest absolute Gasteiger partial charge is 0.439 e. The van der Waals surface area contributed by atoms with Gasteiger partial charge in [-0.1, -0.05) is 23.2 Å². The molecular weight excluding hydrogens is 273 g/mol. The van der Waals surface area contributed by atoms with Gasteiger partial charge in [0.15, 0.2) is 0 Å². The number of benzene rings is 1. The summed E-state index contributed by atoms with van der Waals surface area (Å²) in [6.07, 6.45) is 1.62. The molecule has 0 saturated carbocycles. The lowest BCUT2D eigenvalue weighted by atomic mass is 10.3. The van der Waals surface area contributed by atoms with Crippen LogP contribution >= 0.6 is 23.2 Å². The SMILES string of the molecule is CCNc1nccc(Oc2cc(Cl)cc(Cl)c2)n1. The number of rotatable bonds is 4. The first kappa shape index (κ1) is 12.9. The van der Waals surface area contributed by atoms with Gasteiger partial charge in [0.1, 0.15) is 5.75 Å². The number of nitrogens with zero attached hydrogens (tertiary/aromatic N) is 2. The van der Waals surface area contributed by atoms with Crippen LogP contribution in [0.25, 0.3) is 0 Å². The maximum Gasteiger partial charge on any atom is 0.225 e. The fourth-order valence-electron chi connectivity index (χ4n) is 1.35. The maximum absolute atomic E-state index is 5.89. The minimum absolute atomic E-state index is 0.430. The summed E-state index contributed by atoms with van der Waals surface area (Å²) in [5.41, 5.74) is 0. The van der Waals surface area contributed by atoms with Gasteiger partial charge in [-0.25, -0.2) is 4.98 Å². The first-order valence-electron chi connectivity index (χ1n) is 5.38. The zero-order valence-electron chi connectivity index (χ0n) is 9.65. The van der Waals surface area contributed by atoms with Gasteiger partial charge in [0.05, 0.1) is 0 Å². The van der Waals surface area contributed by atoms with E-state index in [-0.39, 0.29) is 0 Å². The molecule has 0 amide bonds. The molecule has 1 N–H and O–H groups in total. The van der Waals surface area contributed by atoms with Crippen LogP contribution in [0.3, 0.4) is 0 Å². The highest BCUT2D eigenvalue weighted by Crippen LogP contribution is 2.27. The Morgan fingerprint density at radius 2 is 1.94 bits per heavy atom. The highest BCUT2D eigenvalue weighted by atomic mass is 35.5. The van der Waals surface area contributed by atoms with Gasteiger partial charge in [-0.2, -0.15) is 4.98 Å². The van der Waals surface area contributed by atoms with Crippen LogP contribution in [0.5, 0.6) is 11.6 Å². The quantitative estimate of drug-likeness (QED) is 0.921. The Morgan fingerprint density at radius 1 is 1.22 bits per heavy atom. The summed E-state index contributed by atoms with van der Waals surface area (Å²) >= 11 is 11.8. The Bertz CT molecular complexity index is 528. The average Bonchev–Trinajstić information content (AvgIpc) is 2.28. The van der Waals surface area contributed by atoms with Crippen molar-refractivity contribution in [3.05, 3.63) is 40.5 Å². The first-order chi connectivity index (χ1) is 8.67. The lowest BCUT2D eigenvalue weighted by Gasteiger charge is -2.07. The number of hydrogen-bond donors (Lipinski definition) is 1. The van der Waals surface area contributed by atoms with Crippen molar-refractivity contribution in [3.63, 3.8) is 0 Å². The van der Waals surface area contributed by atoms with Crippen molar-refractivity contribution in [2.45, 2.75) is 6.92 Å². The highest BCUT2D eigenvalue weighted by molar-refractivity contribution is 6.34. The molecule has 4 nitrogen and oxygen atoms in total. The van der Waals surface area contributed by atoms with Crippen LogP contribution in [0.1, 0.15) is 6.92 Å². The molecule has 94 valence electrons. The van der Waals surface area contributed by atoms with E-state index in [1.54, 1.807) is 30.5 Å². The van der Waals surface area contributed by atoms with Gasteiger partial charge in [-0.05, 0) is 25.1 Å². The molecule has 0 spiro atoms. The summed E-state index contributed by atoms with van der Waals surface area (Å²) in [5, 5.41) is 4.03. The average molecular weight is 284 g/mol. The molecule has 6 heteroatoms. The van der Waals surface area contributed by atoms with Crippen LogP contribution in [0.4, 0.5) is 5.95 Å². The zero-order valence-corrected chi connectivity index (χ0v) is 11.2. The second-order valence-corrected chi connectivity index (χ2v) is 4.33. The van der Waals surface area contributed by atoms with Gasteiger partial charge < -0.3 is 10.1 Å². The summed E-state index contributed by atoms with van der Waals surface area (Å²) in [7, 11) is 0. The summed E-state index contributed by atoms with van der Waals surface area (Å²) < 4.78 is 5.57. The molecule has 1 aromatic carbocycles. The Morgan fingerprint density at radius 3 is 2.61 bits per heavy atom. The molecule has 0 bridgehead atoms. The third-order valence-electron chi connectivity index (χ3n) is 2.02. The zero-order chi connectivity index (χ0) is 13.0. The summed E-state index contributed by atoms with van der Waals surface area (Å²) in [6, 6.07) is 6.64. The van der Waals surface area contributed by atoms with Gasteiger partial charge >= 0.3 is 0 Å². The van der Waals surface area contributed by atoms with Gasteiger partial charge in [0.25, 0.3) is 0 Å². The molecule has 2 rings (SSSR count). The third kappa shape index (κ3) is 3.48. The fraction of sp³-hybridized carbons (Fsp3) is 0.167. The van der Waals surface area contributed by atoms with E-state index in [4.69, 9.17) is 27.9 Å². The molecule has 0 aliphatic carbocycles. The fourth-order valence-corrected chi connectivity index (χ4v) is 1.86. The van der Waals surface area contributed by atoms with Crippen molar-refractivity contribution in [2.24, 2.45) is 0 Å². The number of nitrogens with one attached hydrogen (secondary N) is 1. The van der Waals surface area contributed by atoms with Crippen molar-refractivity contribution < 1.29 is 4.74 Å². The Hall–Kier alpha value is -1.52. The van der Waals surface area contributed by atoms with E-state index in [1.165, 1.54) is 0 Å². The summed E-state index contributed by atoms with van der Waals surface area (Å²) in [6.45, 7) is 2.71. The lowest BCUT2D eigenvalue weighted by molar-refractivity contribution is 0.462. The molecule has 0 unspecified atom stereocenters. The summed E-state index contributed by atoms with van der Waals surface area (Å²) in [5.74, 6) is 1.48. The minimum atomic E-state index is 0.430. The molecule has 0 radical (unpaired) electrons. The Kier molecular flexibility index (Phi) is 4.23. The molecule has 0 aliphatic heterocycles. The predicted octanol–water partition coefficient (Wildman–Crippen LogP) is 4.01. The monoisotopic (exact) mass is 283 g/mol. The maximum atomic E-state index is 5.89. The van der Waals surface area contributed by atoms with Gasteiger partial charge in [0.2, 0.25) is 11.8 Å². The number of aromatic nitrogens is 2. The second-order valence-electron chi connectivity index (χ2n) is 3.46. The van der Waals surface area contributed by atoms with Crippen molar-refractivity contribution in [1.29, 1.82) is 0 Å². The Balaban J connectivity index is 2.20. The number of halogens is 2. The normalized spacial score (nSPS) is 10.2. The van der Waals surface area contributed by atoms with Crippen LogP contribution in [0.2, 0.25) is 10.0 Å². The smallest absolute Gasteiger partial charge is 0.225 e. The van der Waals surface area contributed by atoms with Crippen molar-refractivity contribution in [1.82, 2.24) is 9.97 Å². The van der Waals surface area contributed by atoms with Crippen molar-refractivity contribution >= 4 is 29.2 Å². The van der Waals surface area contributed by atoms with Crippen LogP contribution in [0, 0.1) is 0 Å². The van der Waals surface area contributed by atoms with Crippen LogP contribution in [0.15, 0.2) is 30.5 Å². The minimum Gasteiger partial charge on any atom is -0.439 e. The number of hydrogen-bond acceptors (Lipinski definition) is 4. The molecular formula is C12H11Cl2N3O. The molecule has 0 atom stereocenters. The molecule has 18 heavy (non-hydrogen) atoms. The van der Waals surface area contributed by atoms with Gasteiger partial charge in [-0.3, -0.25) is 0 Å². The first-order valence-corrected chi connectivity index (χ1v) is 6.14. The second kappa shape index (κ2) is 5.89.